The van der Waals surface area contributed by atoms with Crippen molar-refractivity contribution in [3.63, 3.8) is 0 Å². The molecule has 116 valence electrons. The first-order valence-electron chi connectivity index (χ1n) is 7.16. The Balaban J connectivity index is 1.69. The number of amides is 1. The quantitative estimate of drug-likeness (QED) is 0.781. The van der Waals surface area contributed by atoms with Crippen molar-refractivity contribution in [1.82, 2.24) is 4.98 Å². The van der Waals surface area contributed by atoms with Crippen LogP contribution in [0.1, 0.15) is 5.56 Å². The zero-order chi connectivity index (χ0) is 16.2. The van der Waals surface area contributed by atoms with E-state index in [1.165, 1.54) is 0 Å². The van der Waals surface area contributed by atoms with E-state index in [-0.39, 0.29) is 12.5 Å². The van der Waals surface area contributed by atoms with Gasteiger partial charge >= 0.3 is 0 Å². The molecule has 3 rings (SSSR count). The van der Waals surface area contributed by atoms with Crippen LogP contribution in [0.15, 0.2) is 54.7 Å². The zero-order valence-corrected chi connectivity index (χ0v) is 13.3. The average molecular weight is 327 g/mol. The Labute approximate surface area is 139 Å². The lowest BCUT2D eigenvalue weighted by Gasteiger charge is -2.11. The second kappa shape index (κ2) is 6.67. The summed E-state index contributed by atoms with van der Waals surface area (Å²) in [6.45, 7) is 1.80. The van der Waals surface area contributed by atoms with Crippen LogP contribution < -0.4 is 10.1 Å². The van der Waals surface area contributed by atoms with E-state index < -0.39 is 0 Å². The molecule has 0 aliphatic heterocycles. The molecule has 4 nitrogen and oxygen atoms in total. The maximum atomic E-state index is 12.1. The minimum atomic E-state index is -0.233. The standard InChI is InChI=1S/C18H15ClN2O2/c1-12-10-14(19)7-8-15(12)21-17(22)11-23-16-6-2-4-13-5-3-9-20-18(13)16/h2-10H,11H2,1H3,(H,21,22). The number of nitrogens with one attached hydrogen (secondary N) is 1. The highest BCUT2D eigenvalue weighted by atomic mass is 35.5. The third-order valence-electron chi connectivity index (χ3n) is 3.42. The summed E-state index contributed by atoms with van der Waals surface area (Å²) < 4.78 is 5.62. The molecule has 1 aromatic heterocycles. The number of pyridine rings is 1. The molecule has 3 aromatic rings. The fourth-order valence-electron chi connectivity index (χ4n) is 2.29. The van der Waals surface area contributed by atoms with Gasteiger partial charge in [-0.25, -0.2) is 0 Å². The summed E-state index contributed by atoms with van der Waals surface area (Å²) in [7, 11) is 0. The van der Waals surface area contributed by atoms with Gasteiger partial charge in [0.15, 0.2) is 6.61 Å². The van der Waals surface area contributed by atoms with Crippen LogP contribution >= 0.6 is 11.6 Å². The van der Waals surface area contributed by atoms with Gasteiger partial charge in [0.2, 0.25) is 0 Å². The lowest BCUT2D eigenvalue weighted by atomic mass is 10.2. The molecule has 2 aromatic carbocycles. The molecule has 5 heteroatoms. The van der Waals surface area contributed by atoms with Crippen molar-refractivity contribution >= 4 is 34.1 Å². The topological polar surface area (TPSA) is 51.2 Å². The number of anilines is 1. The second-order valence-electron chi connectivity index (χ2n) is 5.13. The first-order chi connectivity index (χ1) is 11.1. The number of carbonyl (C=O) groups excluding carboxylic acids is 1. The van der Waals surface area contributed by atoms with Crippen LogP contribution in [0, 0.1) is 6.92 Å². The summed E-state index contributed by atoms with van der Waals surface area (Å²) >= 11 is 5.91. The van der Waals surface area contributed by atoms with Crippen molar-refractivity contribution in [1.29, 1.82) is 0 Å². The van der Waals surface area contributed by atoms with Gasteiger partial charge < -0.3 is 10.1 Å². The number of carbonyl (C=O) groups is 1. The maximum absolute atomic E-state index is 12.1. The predicted molar refractivity (Wildman–Crippen MR) is 92.1 cm³/mol. The van der Waals surface area contributed by atoms with Crippen LogP contribution in [-0.4, -0.2) is 17.5 Å². The normalized spacial score (nSPS) is 10.5. The van der Waals surface area contributed by atoms with Gasteiger partial charge in [-0.2, -0.15) is 0 Å². The summed E-state index contributed by atoms with van der Waals surface area (Å²) in [5.74, 6) is 0.356. The molecule has 0 radical (unpaired) electrons. The first-order valence-corrected chi connectivity index (χ1v) is 7.54. The molecule has 0 unspecified atom stereocenters. The van der Waals surface area contributed by atoms with Gasteiger partial charge in [-0.15, -0.1) is 0 Å². The Morgan fingerprint density at radius 3 is 2.87 bits per heavy atom. The summed E-state index contributed by atoms with van der Waals surface area (Å²) in [5.41, 5.74) is 2.36. The number of para-hydroxylation sites is 1. The minimum Gasteiger partial charge on any atom is -0.481 e. The summed E-state index contributed by atoms with van der Waals surface area (Å²) in [4.78, 5) is 16.4. The van der Waals surface area contributed by atoms with Crippen molar-refractivity contribution in [3.05, 3.63) is 65.3 Å². The van der Waals surface area contributed by atoms with Crippen molar-refractivity contribution in [2.75, 3.05) is 11.9 Å². The van der Waals surface area contributed by atoms with Crippen LogP contribution in [0.25, 0.3) is 10.9 Å². The SMILES string of the molecule is Cc1cc(Cl)ccc1NC(=O)COc1cccc2cccnc12. The molecule has 23 heavy (non-hydrogen) atoms. The Bertz CT molecular complexity index is 859. The fraction of sp³-hybridized carbons (Fsp3) is 0.111. The minimum absolute atomic E-state index is 0.0856. The fourth-order valence-corrected chi connectivity index (χ4v) is 2.52. The number of rotatable bonds is 4. The molecular formula is C18H15ClN2O2. The maximum Gasteiger partial charge on any atom is 0.262 e. The monoisotopic (exact) mass is 326 g/mol. The van der Waals surface area contributed by atoms with Gasteiger partial charge in [-0.05, 0) is 42.8 Å². The highest BCUT2D eigenvalue weighted by Gasteiger charge is 2.08. The third-order valence-corrected chi connectivity index (χ3v) is 3.65. The molecule has 0 aliphatic carbocycles. The highest BCUT2D eigenvalue weighted by molar-refractivity contribution is 6.30. The number of halogens is 1. The van der Waals surface area contributed by atoms with Crippen LogP contribution in [0.4, 0.5) is 5.69 Å². The molecule has 0 atom stereocenters. The van der Waals surface area contributed by atoms with Crippen molar-refractivity contribution in [3.8, 4) is 5.75 Å². The van der Waals surface area contributed by atoms with E-state index in [0.717, 1.165) is 22.2 Å². The van der Waals surface area contributed by atoms with Gasteiger partial charge in [0, 0.05) is 22.3 Å². The Kier molecular flexibility index (Phi) is 4.44. The van der Waals surface area contributed by atoms with E-state index in [1.54, 1.807) is 30.5 Å². The molecular weight excluding hydrogens is 312 g/mol. The molecule has 1 heterocycles. The molecule has 0 saturated carbocycles. The number of fused-ring (bicyclic) bond motifs is 1. The largest absolute Gasteiger partial charge is 0.481 e. The number of ether oxygens (including phenoxy) is 1. The van der Waals surface area contributed by atoms with Crippen molar-refractivity contribution in [2.45, 2.75) is 6.92 Å². The number of aromatic nitrogens is 1. The van der Waals surface area contributed by atoms with E-state index in [9.17, 15) is 4.79 Å². The second-order valence-corrected chi connectivity index (χ2v) is 5.56. The van der Waals surface area contributed by atoms with E-state index in [1.807, 2.05) is 31.2 Å². The van der Waals surface area contributed by atoms with Gasteiger partial charge in [-0.1, -0.05) is 29.8 Å². The smallest absolute Gasteiger partial charge is 0.262 e. The first kappa shape index (κ1) is 15.3. The third kappa shape index (κ3) is 3.60. The summed E-state index contributed by atoms with van der Waals surface area (Å²) in [6.07, 6.45) is 1.70. The molecule has 0 spiro atoms. The van der Waals surface area contributed by atoms with E-state index >= 15 is 0 Å². The van der Waals surface area contributed by atoms with Gasteiger partial charge in [-0.3, -0.25) is 9.78 Å². The van der Waals surface area contributed by atoms with E-state index in [4.69, 9.17) is 16.3 Å². The van der Waals surface area contributed by atoms with Gasteiger partial charge in [0.1, 0.15) is 11.3 Å². The van der Waals surface area contributed by atoms with Crippen molar-refractivity contribution < 1.29 is 9.53 Å². The number of aryl methyl sites for hydroxylation is 1. The Hall–Kier alpha value is -2.59. The Morgan fingerprint density at radius 2 is 2.04 bits per heavy atom. The van der Waals surface area contributed by atoms with Crippen LogP contribution in [0.3, 0.4) is 0 Å². The molecule has 0 aliphatic rings. The average Bonchev–Trinajstić information content (AvgIpc) is 2.55. The van der Waals surface area contributed by atoms with Gasteiger partial charge in [0.25, 0.3) is 5.91 Å². The van der Waals surface area contributed by atoms with E-state index in [2.05, 4.69) is 10.3 Å². The van der Waals surface area contributed by atoms with E-state index in [0.29, 0.717) is 10.8 Å². The van der Waals surface area contributed by atoms with Crippen LogP contribution in [-0.2, 0) is 4.79 Å². The molecule has 1 amide bonds. The number of hydrogen-bond acceptors (Lipinski definition) is 3. The number of hydrogen-bond donors (Lipinski definition) is 1. The molecule has 0 saturated heterocycles. The lowest BCUT2D eigenvalue weighted by molar-refractivity contribution is -0.118. The lowest BCUT2D eigenvalue weighted by Crippen LogP contribution is -2.20. The summed E-state index contributed by atoms with van der Waals surface area (Å²) in [6, 6.07) is 14.7. The predicted octanol–water partition coefficient (Wildman–Crippen LogP) is 4.21. The Morgan fingerprint density at radius 1 is 1.22 bits per heavy atom. The molecule has 1 N–H and O–H groups in total. The molecule has 0 fully saturated rings. The van der Waals surface area contributed by atoms with Crippen molar-refractivity contribution in [2.24, 2.45) is 0 Å². The highest BCUT2D eigenvalue weighted by Crippen LogP contribution is 2.23. The number of benzene rings is 2. The molecule has 0 bridgehead atoms. The van der Waals surface area contributed by atoms with Crippen LogP contribution in [0.5, 0.6) is 5.75 Å². The van der Waals surface area contributed by atoms with Gasteiger partial charge in [0.05, 0.1) is 0 Å². The van der Waals surface area contributed by atoms with Crippen LogP contribution in [0.2, 0.25) is 5.02 Å². The number of nitrogens with zero attached hydrogens (tertiary/aromatic N) is 1. The zero-order valence-electron chi connectivity index (χ0n) is 12.5. The summed E-state index contributed by atoms with van der Waals surface area (Å²) in [5, 5.41) is 4.42.